The van der Waals surface area contributed by atoms with Crippen molar-refractivity contribution in [2.45, 2.75) is 19.8 Å². The number of piperidine rings is 1. The van der Waals surface area contributed by atoms with E-state index in [1.54, 1.807) is 19.4 Å². The smallest absolute Gasteiger partial charge is 0.295 e. The maximum Gasteiger partial charge on any atom is 0.295 e. The van der Waals surface area contributed by atoms with Gasteiger partial charge in [0.25, 0.3) is 6.01 Å². The van der Waals surface area contributed by atoms with Crippen LogP contribution in [0.5, 0.6) is 0 Å². The van der Waals surface area contributed by atoms with Gasteiger partial charge in [0.2, 0.25) is 5.91 Å². The lowest BCUT2D eigenvalue weighted by Crippen LogP contribution is -2.50. The minimum atomic E-state index is -0.637. The molecule has 5 rings (SSSR count). The molecule has 166 valence electrons. The molecule has 0 saturated carbocycles. The molecule has 1 aliphatic rings. The number of H-pyrrole nitrogens is 1. The van der Waals surface area contributed by atoms with E-state index >= 15 is 0 Å². The number of aryl methyl sites for hydroxylation is 1. The van der Waals surface area contributed by atoms with Crippen LogP contribution in [0, 0.1) is 12.3 Å². The van der Waals surface area contributed by atoms with E-state index < -0.39 is 5.41 Å². The predicted octanol–water partition coefficient (Wildman–Crippen LogP) is 2.63. The molecule has 0 bridgehead atoms. The summed E-state index contributed by atoms with van der Waals surface area (Å²) in [7, 11) is 1.74. The van der Waals surface area contributed by atoms with Crippen molar-refractivity contribution in [3.8, 4) is 0 Å². The Labute approximate surface area is 184 Å². The molecule has 10 heteroatoms. The van der Waals surface area contributed by atoms with E-state index in [4.69, 9.17) is 10.2 Å². The number of rotatable bonds is 5. The average Bonchev–Trinajstić information content (AvgIpc) is 3.42. The second-order valence-electron chi connectivity index (χ2n) is 8.27. The Morgan fingerprint density at radius 1 is 1.31 bits per heavy atom. The van der Waals surface area contributed by atoms with Crippen LogP contribution in [-0.2, 0) is 4.79 Å². The van der Waals surface area contributed by atoms with Crippen LogP contribution in [0.15, 0.2) is 35.1 Å². The Morgan fingerprint density at radius 2 is 2.12 bits per heavy atom. The molecule has 1 saturated heterocycles. The number of aromatic nitrogens is 4. The highest BCUT2D eigenvalue weighted by atomic mass is 16.4. The Morgan fingerprint density at radius 3 is 2.88 bits per heavy atom. The highest BCUT2D eigenvalue weighted by Crippen LogP contribution is 2.36. The molecule has 0 radical (unpaired) electrons. The van der Waals surface area contributed by atoms with Gasteiger partial charge in [-0.05, 0) is 37.5 Å². The van der Waals surface area contributed by atoms with Gasteiger partial charge in [0.05, 0.1) is 10.8 Å². The number of benzene rings is 1. The number of carbonyl (C=O) groups is 1. The van der Waals surface area contributed by atoms with Crippen LogP contribution in [-0.4, -0.2) is 52.5 Å². The minimum Gasteiger partial charge on any atom is -0.423 e. The molecule has 0 atom stereocenters. The molecule has 1 fully saturated rings. The van der Waals surface area contributed by atoms with Crippen LogP contribution < -0.4 is 21.3 Å². The van der Waals surface area contributed by atoms with Gasteiger partial charge >= 0.3 is 0 Å². The van der Waals surface area contributed by atoms with Crippen LogP contribution in [0.1, 0.15) is 18.4 Å². The number of carbonyl (C=O) groups excluding carboxylic acids is 1. The molecule has 1 amide bonds. The third-order valence-electron chi connectivity index (χ3n) is 6.40. The fourth-order valence-electron chi connectivity index (χ4n) is 4.38. The summed E-state index contributed by atoms with van der Waals surface area (Å²) in [6.45, 7) is 3.70. The number of nitrogens with one attached hydrogen (secondary N) is 3. The first kappa shape index (κ1) is 20.3. The maximum atomic E-state index is 13.3. The standard InChI is InChI=1S/C22H26N8O2/c1-13-10-25-18-17(13)19(27-12-26-18)30-7-5-22(11-23,6-8-30)20(31)28-14-3-4-15-16(9-14)32-21(24-2)29-15/h3-4,9-10,12H,5-8,11,23H2,1-2H3,(H,24,29)(H,28,31)(H,25,26,27). The van der Waals surface area contributed by atoms with Gasteiger partial charge in [0, 0.05) is 44.6 Å². The quantitative estimate of drug-likeness (QED) is 0.376. The zero-order chi connectivity index (χ0) is 22.3. The predicted molar refractivity (Wildman–Crippen MR) is 124 cm³/mol. The normalized spacial score (nSPS) is 15.9. The number of anilines is 3. The fourth-order valence-corrected chi connectivity index (χ4v) is 4.38. The molecule has 5 N–H and O–H groups in total. The molecule has 32 heavy (non-hydrogen) atoms. The zero-order valence-electron chi connectivity index (χ0n) is 18.1. The van der Waals surface area contributed by atoms with E-state index in [0.29, 0.717) is 43.2 Å². The number of fused-ring (bicyclic) bond motifs is 2. The molecule has 1 aromatic carbocycles. The molecule has 0 unspecified atom stereocenters. The molecule has 4 heterocycles. The van der Waals surface area contributed by atoms with Crippen LogP contribution in [0.25, 0.3) is 22.1 Å². The summed E-state index contributed by atoms with van der Waals surface area (Å²) in [6, 6.07) is 5.87. The molecular weight excluding hydrogens is 408 g/mol. The van der Waals surface area contributed by atoms with Crippen molar-refractivity contribution in [2.24, 2.45) is 11.1 Å². The Balaban J connectivity index is 1.33. The van der Waals surface area contributed by atoms with Crippen LogP contribution in [0.3, 0.4) is 0 Å². The third-order valence-corrected chi connectivity index (χ3v) is 6.40. The van der Waals surface area contributed by atoms with Gasteiger partial charge in [-0.1, -0.05) is 0 Å². The first-order chi connectivity index (χ1) is 15.5. The number of hydrogen-bond donors (Lipinski definition) is 4. The number of oxazole rings is 1. The summed E-state index contributed by atoms with van der Waals surface area (Å²) in [5, 5.41) is 6.94. The van der Waals surface area contributed by atoms with Gasteiger partial charge < -0.3 is 30.7 Å². The van der Waals surface area contributed by atoms with Crippen molar-refractivity contribution in [1.82, 2.24) is 19.9 Å². The second kappa shape index (κ2) is 7.79. The maximum absolute atomic E-state index is 13.3. The lowest BCUT2D eigenvalue weighted by atomic mass is 9.77. The van der Waals surface area contributed by atoms with Crippen molar-refractivity contribution >= 4 is 45.6 Å². The molecule has 3 aromatic heterocycles. The third kappa shape index (κ3) is 3.32. The molecular formula is C22H26N8O2. The summed E-state index contributed by atoms with van der Waals surface area (Å²) in [6.07, 6.45) is 4.79. The van der Waals surface area contributed by atoms with Gasteiger partial charge in [-0.3, -0.25) is 4.79 Å². The second-order valence-corrected chi connectivity index (χ2v) is 8.27. The number of amides is 1. The van der Waals surface area contributed by atoms with Crippen molar-refractivity contribution in [2.75, 3.05) is 42.2 Å². The summed E-state index contributed by atoms with van der Waals surface area (Å²) >= 11 is 0. The average molecular weight is 435 g/mol. The number of aromatic amines is 1. The molecule has 10 nitrogen and oxygen atoms in total. The van der Waals surface area contributed by atoms with E-state index in [0.717, 1.165) is 27.9 Å². The van der Waals surface area contributed by atoms with Crippen molar-refractivity contribution in [3.05, 3.63) is 36.3 Å². The number of nitrogens with two attached hydrogens (primary N) is 1. The van der Waals surface area contributed by atoms with E-state index in [1.807, 2.05) is 25.3 Å². The van der Waals surface area contributed by atoms with Crippen molar-refractivity contribution < 1.29 is 9.21 Å². The minimum absolute atomic E-state index is 0.0713. The van der Waals surface area contributed by atoms with Gasteiger partial charge in [0.15, 0.2) is 5.58 Å². The SMILES string of the molecule is CNc1nc2ccc(NC(=O)C3(CN)CCN(c4ncnc5[nH]cc(C)c45)CC3)cc2o1. The molecule has 0 spiro atoms. The summed E-state index contributed by atoms with van der Waals surface area (Å²) in [5.74, 6) is 0.828. The first-order valence-electron chi connectivity index (χ1n) is 10.7. The van der Waals surface area contributed by atoms with Crippen LogP contribution in [0.2, 0.25) is 0 Å². The van der Waals surface area contributed by atoms with E-state index in [1.165, 1.54) is 0 Å². The van der Waals surface area contributed by atoms with Crippen molar-refractivity contribution in [3.63, 3.8) is 0 Å². The lowest BCUT2D eigenvalue weighted by molar-refractivity contribution is -0.126. The summed E-state index contributed by atoms with van der Waals surface area (Å²) in [5.41, 5.74) is 9.43. The van der Waals surface area contributed by atoms with Crippen molar-refractivity contribution in [1.29, 1.82) is 0 Å². The highest BCUT2D eigenvalue weighted by Gasteiger charge is 2.41. The Bertz CT molecular complexity index is 1290. The fraction of sp³-hybridized carbons (Fsp3) is 0.364. The largest absolute Gasteiger partial charge is 0.423 e. The van der Waals surface area contributed by atoms with E-state index in [2.05, 4.69) is 35.5 Å². The van der Waals surface area contributed by atoms with Crippen LogP contribution in [0.4, 0.5) is 17.5 Å². The topological polar surface area (TPSA) is 138 Å². The van der Waals surface area contributed by atoms with Gasteiger partial charge in [-0.15, -0.1) is 0 Å². The number of nitrogens with zero attached hydrogens (tertiary/aromatic N) is 4. The number of hydrogen-bond acceptors (Lipinski definition) is 8. The summed E-state index contributed by atoms with van der Waals surface area (Å²) in [4.78, 5) is 31.8. The lowest BCUT2D eigenvalue weighted by Gasteiger charge is -2.40. The molecule has 4 aromatic rings. The monoisotopic (exact) mass is 434 g/mol. The van der Waals surface area contributed by atoms with Gasteiger partial charge in [-0.2, -0.15) is 4.98 Å². The highest BCUT2D eigenvalue weighted by molar-refractivity contribution is 5.97. The van der Waals surface area contributed by atoms with E-state index in [-0.39, 0.29) is 12.5 Å². The zero-order valence-corrected chi connectivity index (χ0v) is 18.1. The summed E-state index contributed by atoms with van der Waals surface area (Å²) < 4.78 is 5.62. The van der Waals surface area contributed by atoms with Gasteiger partial charge in [-0.25, -0.2) is 9.97 Å². The Hall–Kier alpha value is -3.66. The van der Waals surface area contributed by atoms with Gasteiger partial charge in [0.1, 0.15) is 23.3 Å². The van der Waals surface area contributed by atoms with Crippen LogP contribution >= 0.6 is 0 Å². The Kier molecular flexibility index (Phi) is 4.93. The first-order valence-corrected chi connectivity index (χ1v) is 10.7. The molecule has 1 aliphatic heterocycles. The van der Waals surface area contributed by atoms with E-state index in [9.17, 15) is 4.79 Å². The molecule has 0 aliphatic carbocycles.